The van der Waals surface area contributed by atoms with E-state index in [1.54, 1.807) is 13.0 Å². The van der Waals surface area contributed by atoms with Gasteiger partial charge >= 0.3 is 12.1 Å². The van der Waals surface area contributed by atoms with E-state index in [0.717, 1.165) is 6.42 Å². The lowest BCUT2D eigenvalue weighted by Gasteiger charge is -2.31. The molecule has 0 saturated carbocycles. The molecular weight excluding hydrogens is 258 g/mol. The molecule has 1 aliphatic rings. The highest BCUT2D eigenvalue weighted by atomic mass is 16.6. The minimum Gasteiger partial charge on any atom is -0.464 e. The molecule has 1 heterocycles. The van der Waals surface area contributed by atoms with E-state index in [1.165, 1.54) is 4.90 Å². The van der Waals surface area contributed by atoms with Gasteiger partial charge in [-0.15, -0.1) is 6.58 Å². The zero-order chi connectivity index (χ0) is 15.3. The summed E-state index contributed by atoms with van der Waals surface area (Å²) in [5.74, 6) is -0.357. The van der Waals surface area contributed by atoms with Crippen molar-refractivity contribution in [2.75, 3.05) is 6.61 Å². The van der Waals surface area contributed by atoms with Crippen molar-refractivity contribution in [1.82, 2.24) is 4.90 Å². The molecule has 0 unspecified atom stereocenters. The Bertz CT molecular complexity index is 373. The Kier molecular flexibility index (Phi) is 5.60. The van der Waals surface area contributed by atoms with Crippen LogP contribution in [0.25, 0.3) is 0 Å². The first kappa shape index (κ1) is 16.5. The number of nitrogens with zero attached hydrogens (tertiary/aromatic N) is 1. The molecule has 1 saturated heterocycles. The van der Waals surface area contributed by atoms with Crippen molar-refractivity contribution in [3.05, 3.63) is 12.7 Å². The Morgan fingerprint density at radius 1 is 1.35 bits per heavy atom. The number of ether oxygens (including phenoxy) is 2. The highest BCUT2D eigenvalue weighted by Gasteiger charge is 2.43. The summed E-state index contributed by atoms with van der Waals surface area (Å²) >= 11 is 0. The molecular formula is C15H25NO4. The van der Waals surface area contributed by atoms with Crippen LogP contribution in [0.4, 0.5) is 4.79 Å². The van der Waals surface area contributed by atoms with Crippen molar-refractivity contribution >= 4 is 12.1 Å². The molecule has 0 aromatic rings. The summed E-state index contributed by atoms with van der Waals surface area (Å²) < 4.78 is 10.5. The van der Waals surface area contributed by atoms with Crippen LogP contribution in [-0.2, 0) is 14.3 Å². The molecule has 0 radical (unpaired) electrons. The van der Waals surface area contributed by atoms with Crippen LogP contribution in [0.5, 0.6) is 0 Å². The average Bonchev–Trinajstić information content (AvgIpc) is 2.71. The van der Waals surface area contributed by atoms with E-state index in [2.05, 4.69) is 6.58 Å². The van der Waals surface area contributed by atoms with Crippen LogP contribution in [0.2, 0.25) is 0 Å². The monoisotopic (exact) mass is 283 g/mol. The zero-order valence-corrected chi connectivity index (χ0v) is 12.8. The maximum atomic E-state index is 12.3. The first-order chi connectivity index (χ1) is 9.30. The predicted octanol–water partition coefficient (Wildman–Crippen LogP) is 2.89. The second-order valence-electron chi connectivity index (χ2n) is 5.91. The summed E-state index contributed by atoms with van der Waals surface area (Å²) in [5.41, 5.74) is -0.586. The van der Waals surface area contributed by atoms with E-state index in [4.69, 9.17) is 9.47 Å². The summed E-state index contributed by atoms with van der Waals surface area (Å²) in [6.45, 7) is 11.2. The van der Waals surface area contributed by atoms with Crippen molar-refractivity contribution in [2.45, 2.75) is 64.6 Å². The lowest BCUT2D eigenvalue weighted by atomic mass is 10.1. The summed E-state index contributed by atoms with van der Waals surface area (Å²) in [6.07, 6.45) is 3.32. The van der Waals surface area contributed by atoms with Crippen molar-refractivity contribution < 1.29 is 19.1 Å². The van der Waals surface area contributed by atoms with E-state index in [0.29, 0.717) is 19.4 Å². The van der Waals surface area contributed by atoms with Crippen LogP contribution in [0.3, 0.4) is 0 Å². The number of carbonyl (C=O) groups is 2. The Morgan fingerprint density at radius 2 is 2.00 bits per heavy atom. The standard InChI is InChI=1S/C15H25NO4/c1-6-8-11-9-10-12(13(17)19-7-2)16(11)14(18)20-15(3,4)5/h6,11-12H,1,7-10H2,2-5H3/t11-,12-/m0/s1. The molecule has 0 aromatic heterocycles. The molecule has 5 heteroatoms. The molecule has 0 N–H and O–H groups in total. The van der Waals surface area contributed by atoms with Crippen LogP contribution in [0.15, 0.2) is 12.7 Å². The largest absolute Gasteiger partial charge is 0.464 e. The smallest absolute Gasteiger partial charge is 0.411 e. The molecule has 0 spiro atoms. The molecule has 1 rings (SSSR count). The van der Waals surface area contributed by atoms with Gasteiger partial charge in [-0.2, -0.15) is 0 Å². The number of rotatable bonds is 4. The van der Waals surface area contributed by atoms with Crippen molar-refractivity contribution in [3.63, 3.8) is 0 Å². The number of esters is 1. The Balaban J connectivity index is 2.87. The van der Waals surface area contributed by atoms with Gasteiger partial charge in [-0.25, -0.2) is 9.59 Å². The van der Waals surface area contributed by atoms with Gasteiger partial charge in [-0.3, -0.25) is 4.90 Å². The van der Waals surface area contributed by atoms with Gasteiger partial charge in [0.25, 0.3) is 0 Å². The first-order valence-electron chi connectivity index (χ1n) is 7.09. The Labute approximate surface area is 120 Å². The van der Waals surface area contributed by atoms with E-state index in [-0.39, 0.29) is 12.0 Å². The average molecular weight is 283 g/mol. The summed E-state index contributed by atoms with van der Waals surface area (Å²) in [7, 11) is 0. The summed E-state index contributed by atoms with van der Waals surface area (Å²) in [4.78, 5) is 25.8. The van der Waals surface area contributed by atoms with Gasteiger partial charge in [0.2, 0.25) is 0 Å². The number of likely N-dealkylation sites (tertiary alicyclic amines) is 1. The second-order valence-corrected chi connectivity index (χ2v) is 5.91. The molecule has 0 aliphatic carbocycles. The molecule has 114 valence electrons. The van der Waals surface area contributed by atoms with Gasteiger partial charge in [-0.05, 0) is 47.0 Å². The lowest BCUT2D eigenvalue weighted by Crippen LogP contribution is -2.47. The van der Waals surface area contributed by atoms with Crippen LogP contribution in [0, 0.1) is 0 Å². The first-order valence-corrected chi connectivity index (χ1v) is 7.09. The van der Waals surface area contributed by atoms with Gasteiger partial charge < -0.3 is 9.47 Å². The fourth-order valence-corrected chi connectivity index (χ4v) is 2.37. The topological polar surface area (TPSA) is 55.8 Å². The van der Waals surface area contributed by atoms with Crippen LogP contribution >= 0.6 is 0 Å². The molecule has 1 amide bonds. The highest BCUT2D eigenvalue weighted by molar-refractivity contribution is 5.82. The summed E-state index contributed by atoms with van der Waals surface area (Å²) in [5, 5.41) is 0. The van der Waals surface area contributed by atoms with Crippen molar-refractivity contribution in [3.8, 4) is 0 Å². The van der Waals surface area contributed by atoms with Gasteiger partial charge in [0.1, 0.15) is 11.6 Å². The SMILES string of the molecule is C=CC[C@H]1CC[C@@H](C(=O)OCC)N1C(=O)OC(C)(C)C. The van der Waals surface area contributed by atoms with Crippen LogP contribution < -0.4 is 0 Å². The molecule has 1 fully saturated rings. The van der Waals surface area contributed by atoms with E-state index < -0.39 is 17.7 Å². The van der Waals surface area contributed by atoms with Gasteiger partial charge in [0.15, 0.2) is 0 Å². The summed E-state index contributed by atoms with van der Waals surface area (Å²) in [6, 6.07) is -0.591. The minimum absolute atomic E-state index is 0.0447. The molecule has 0 bridgehead atoms. The third kappa shape index (κ3) is 4.25. The van der Waals surface area contributed by atoms with E-state index in [9.17, 15) is 9.59 Å². The zero-order valence-electron chi connectivity index (χ0n) is 12.8. The predicted molar refractivity (Wildman–Crippen MR) is 76.3 cm³/mol. The van der Waals surface area contributed by atoms with E-state index in [1.807, 2.05) is 20.8 Å². The number of hydrogen-bond acceptors (Lipinski definition) is 4. The van der Waals surface area contributed by atoms with Gasteiger partial charge in [0, 0.05) is 6.04 Å². The van der Waals surface area contributed by atoms with Gasteiger partial charge in [-0.1, -0.05) is 6.08 Å². The van der Waals surface area contributed by atoms with Gasteiger partial charge in [0.05, 0.1) is 6.61 Å². The third-order valence-corrected chi connectivity index (χ3v) is 3.10. The maximum Gasteiger partial charge on any atom is 0.411 e. The molecule has 0 aromatic carbocycles. The molecule has 5 nitrogen and oxygen atoms in total. The molecule has 2 atom stereocenters. The third-order valence-electron chi connectivity index (χ3n) is 3.10. The molecule has 20 heavy (non-hydrogen) atoms. The Hall–Kier alpha value is -1.52. The second kappa shape index (κ2) is 6.77. The van der Waals surface area contributed by atoms with Crippen molar-refractivity contribution in [2.24, 2.45) is 0 Å². The van der Waals surface area contributed by atoms with Crippen LogP contribution in [-0.4, -0.2) is 41.3 Å². The van der Waals surface area contributed by atoms with E-state index >= 15 is 0 Å². The number of carbonyl (C=O) groups excluding carboxylic acids is 2. The van der Waals surface area contributed by atoms with Crippen molar-refractivity contribution in [1.29, 1.82) is 0 Å². The Morgan fingerprint density at radius 3 is 2.50 bits per heavy atom. The molecule has 1 aliphatic heterocycles. The van der Waals surface area contributed by atoms with Crippen LogP contribution in [0.1, 0.15) is 47.0 Å². The number of amides is 1. The lowest BCUT2D eigenvalue weighted by molar-refractivity contribution is -0.148. The fraction of sp³-hybridized carbons (Fsp3) is 0.733. The minimum atomic E-state index is -0.586. The normalized spacial score (nSPS) is 22.5. The fourth-order valence-electron chi connectivity index (χ4n) is 2.37. The highest BCUT2D eigenvalue weighted by Crippen LogP contribution is 2.29. The quantitative estimate of drug-likeness (QED) is 0.588. The maximum absolute atomic E-state index is 12.3. The number of hydrogen-bond donors (Lipinski definition) is 0.